The zero-order chi connectivity index (χ0) is 51.5. The van der Waals surface area contributed by atoms with Crippen LogP contribution in [0.4, 0.5) is 34.1 Å². The van der Waals surface area contributed by atoms with Crippen LogP contribution in [-0.4, -0.2) is 9.97 Å². The maximum absolute atomic E-state index is 6.17. The Balaban J connectivity index is 0.710. The molecular formula is C71H50N4O2. The van der Waals surface area contributed by atoms with Crippen molar-refractivity contribution in [3.05, 3.63) is 278 Å². The number of hydrogen-bond donors (Lipinski definition) is 0. The second-order valence-electron chi connectivity index (χ2n) is 20.2. The molecule has 0 saturated heterocycles. The van der Waals surface area contributed by atoms with Crippen molar-refractivity contribution in [3.8, 4) is 67.4 Å². The van der Waals surface area contributed by atoms with Crippen molar-refractivity contribution < 1.29 is 8.83 Å². The van der Waals surface area contributed by atoms with E-state index in [0.717, 1.165) is 95.0 Å². The molecule has 77 heavy (non-hydrogen) atoms. The summed E-state index contributed by atoms with van der Waals surface area (Å²) < 4.78 is 12.3. The Hall–Kier alpha value is -10.0. The van der Waals surface area contributed by atoms with Crippen LogP contribution in [0.2, 0.25) is 0 Å². The minimum Gasteiger partial charge on any atom is -0.436 e. The largest absolute Gasteiger partial charge is 0.436 e. The van der Waals surface area contributed by atoms with Gasteiger partial charge in [-0.2, -0.15) is 0 Å². The standard InChI is InChI=1S/C71H50N4O2/c1-71(2)61-20-6-9-23-65(61)75(66-43-36-54(46-62(66)71)53-15-13-17-56(45-53)70-73-64-22-8-11-25-68(64)77-70)60-41-32-50(33-42-60)48-28-26-47(27-29-48)49-30-37-58(38-31-49)74(57-18-4-3-5-19-57)59-39-34-51(35-40-59)52-14-12-16-55(44-52)69-72-63-21-7-10-24-67(63)76-69/h3-46H,1-2H3. The third-order valence-corrected chi connectivity index (χ3v) is 15.1. The summed E-state index contributed by atoms with van der Waals surface area (Å²) in [6.45, 7) is 4.68. The number of aromatic nitrogens is 2. The fourth-order valence-corrected chi connectivity index (χ4v) is 11.1. The van der Waals surface area contributed by atoms with Crippen LogP contribution in [0.5, 0.6) is 0 Å². The predicted octanol–water partition coefficient (Wildman–Crippen LogP) is 19.5. The van der Waals surface area contributed by atoms with Crippen molar-refractivity contribution in [2.75, 3.05) is 9.80 Å². The quantitative estimate of drug-likeness (QED) is 0.136. The van der Waals surface area contributed by atoms with E-state index < -0.39 is 0 Å². The van der Waals surface area contributed by atoms with Crippen LogP contribution in [0.1, 0.15) is 25.0 Å². The van der Waals surface area contributed by atoms with Crippen LogP contribution in [0.25, 0.3) is 89.6 Å². The first kappa shape index (κ1) is 45.6. The lowest BCUT2D eigenvalue weighted by molar-refractivity contribution is 0.619. The molecule has 1 aliphatic heterocycles. The molecule has 366 valence electrons. The van der Waals surface area contributed by atoms with Gasteiger partial charge in [0.2, 0.25) is 11.8 Å². The highest BCUT2D eigenvalue weighted by Gasteiger charge is 2.37. The highest BCUT2D eigenvalue weighted by Crippen LogP contribution is 2.53. The third-order valence-electron chi connectivity index (χ3n) is 15.1. The van der Waals surface area contributed by atoms with E-state index in [-0.39, 0.29) is 5.41 Å². The number of oxazole rings is 2. The smallest absolute Gasteiger partial charge is 0.227 e. The summed E-state index contributed by atoms with van der Waals surface area (Å²) in [5.41, 5.74) is 23.3. The SMILES string of the molecule is CC1(C)c2ccccc2N(c2ccc(-c3ccc(-c4ccc(N(c5ccccc5)c5ccc(-c6cccc(-c7nc8ccccc8o7)c6)cc5)cc4)cc3)cc2)c2ccc(-c3cccc(-c4nc5ccccc5o4)c3)cc21. The summed E-state index contributed by atoms with van der Waals surface area (Å²) in [6, 6.07) is 94.5. The highest BCUT2D eigenvalue weighted by molar-refractivity contribution is 5.89. The molecule has 11 aromatic carbocycles. The van der Waals surface area contributed by atoms with E-state index >= 15 is 0 Å². The van der Waals surface area contributed by atoms with E-state index in [4.69, 9.17) is 18.8 Å². The van der Waals surface area contributed by atoms with Gasteiger partial charge >= 0.3 is 0 Å². The molecule has 0 fully saturated rings. The lowest BCUT2D eigenvalue weighted by atomic mass is 9.73. The number of para-hydroxylation sites is 6. The first-order valence-electron chi connectivity index (χ1n) is 26.1. The molecule has 0 amide bonds. The molecule has 0 unspecified atom stereocenters. The first-order chi connectivity index (χ1) is 37.9. The number of nitrogens with zero attached hydrogens (tertiary/aromatic N) is 4. The average Bonchev–Trinajstić information content (AvgIpc) is 4.23. The summed E-state index contributed by atoms with van der Waals surface area (Å²) in [4.78, 5) is 14.2. The van der Waals surface area contributed by atoms with Crippen molar-refractivity contribution in [1.82, 2.24) is 9.97 Å². The van der Waals surface area contributed by atoms with Crippen molar-refractivity contribution in [2.45, 2.75) is 19.3 Å². The van der Waals surface area contributed by atoms with Gasteiger partial charge in [-0.05, 0) is 171 Å². The van der Waals surface area contributed by atoms with Gasteiger partial charge in [-0.15, -0.1) is 0 Å². The van der Waals surface area contributed by atoms with E-state index in [1.54, 1.807) is 0 Å². The molecule has 14 rings (SSSR count). The Bertz CT molecular complexity index is 4220. The van der Waals surface area contributed by atoms with Gasteiger partial charge in [0.1, 0.15) is 11.0 Å². The fourth-order valence-electron chi connectivity index (χ4n) is 11.1. The molecule has 0 N–H and O–H groups in total. The molecule has 3 heterocycles. The van der Waals surface area contributed by atoms with Crippen molar-refractivity contribution in [3.63, 3.8) is 0 Å². The number of hydrogen-bond acceptors (Lipinski definition) is 6. The fraction of sp³-hybridized carbons (Fsp3) is 0.0423. The zero-order valence-electron chi connectivity index (χ0n) is 42.5. The highest BCUT2D eigenvalue weighted by atomic mass is 16.4. The van der Waals surface area contributed by atoms with Crippen molar-refractivity contribution in [2.24, 2.45) is 0 Å². The van der Waals surface area contributed by atoms with Gasteiger partial charge in [0.25, 0.3) is 0 Å². The van der Waals surface area contributed by atoms with Gasteiger partial charge in [-0.25, -0.2) is 9.97 Å². The second kappa shape index (κ2) is 18.7. The second-order valence-corrected chi connectivity index (χ2v) is 20.2. The molecule has 0 bridgehead atoms. The number of anilines is 6. The normalized spacial score (nSPS) is 12.6. The van der Waals surface area contributed by atoms with E-state index in [2.05, 4.69) is 236 Å². The molecule has 2 aromatic heterocycles. The van der Waals surface area contributed by atoms with E-state index in [0.29, 0.717) is 11.8 Å². The maximum atomic E-state index is 6.17. The van der Waals surface area contributed by atoms with E-state index in [1.807, 2.05) is 54.6 Å². The Labute approximate surface area is 447 Å². The Morgan fingerprint density at radius 3 is 1.29 bits per heavy atom. The van der Waals surface area contributed by atoms with Crippen molar-refractivity contribution >= 4 is 56.3 Å². The van der Waals surface area contributed by atoms with Crippen LogP contribution in [0, 0.1) is 0 Å². The summed E-state index contributed by atoms with van der Waals surface area (Å²) in [7, 11) is 0. The molecular weight excluding hydrogens is 941 g/mol. The van der Waals surface area contributed by atoms with Crippen LogP contribution in [-0.2, 0) is 5.41 Å². The summed E-state index contributed by atoms with van der Waals surface area (Å²) in [5.74, 6) is 1.25. The topological polar surface area (TPSA) is 58.5 Å². The van der Waals surface area contributed by atoms with Crippen LogP contribution in [0.3, 0.4) is 0 Å². The maximum Gasteiger partial charge on any atom is 0.227 e. The van der Waals surface area contributed by atoms with E-state index in [1.165, 1.54) is 28.1 Å². The lowest BCUT2D eigenvalue weighted by Gasteiger charge is -2.42. The summed E-state index contributed by atoms with van der Waals surface area (Å²) in [6.07, 6.45) is 0. The van der Waals surface area contributed by atoms with Gasteiger partial charge in [0.15, 0.2) is 11.2 Å². The minimum absolute atomic E-state index is 0.238. The van der Waals surface area contributed by atoms with Gasteiger partial charge < -0.3 is 18.6 Å². The van der Waals surface area contributed by atoms with Crippen LogP contribution in [0.15, 0.2) is 276 Å². The Morgan fingerprint density at radius 1 is 0.325 bits per heavy atom. The van der Waals surface area contributed by atoms with Gasteiger partial charge in [-0.3, -0.25) is 0 Å². The minimum atomic E-state index is -0.238. The summed E-state index contributed by atoms with van der Waals surface area (Å²) in [5, 5.41) is 0. The van der Waals surface area contributed by atoms with Gasteiger partial charge in [-0.1, -0.05) is 166 Å². The molecule has 0 atom stereocenters. The van der Waals surface area contributed by atoms with Gasteiger partial charge in [0.05, 0.1) is 11.4 Å². The molecule has 13 aromatic rings. The number of fused-ring (bicyclic) bond motifs is 4. The lowest BCUT2D eigenvalue weighted by Crippen LogP contribution is -2.30. The third kappa shape index (κ3) is 8.33. The molecule has 6 heteroatoms. The molecule has 0 radical (unpaired) electrons. The monoisotopic (exact) mass is 990 g/mol. The van der Waals surface area contributed by atoms with Crippen molar-refractivity contribution in [1.29, 1.82) is 0 Å². The molecule has 0 spiro atoms. The number of benzene rings is 11. The molecule has 0 aliphatic carbocycles. The Kier molecular flexibility index (Phi) is 11.1. The van der Waals surface area contributed by atoms with Crippen LogP contribution < -0.4 is 9.80 Å². The summed E-state index contributed by atoms with van der Waals surface area (Å²) >= 11 is 0. The Morgan fingerprint density at radius 2 is 0.727 bits per heavy atom. The zero-order valence-corrected chi connectivity index (χ0v) is 42.5. The van der Waals surface area contributed by atoms with Crippen LogP contribution >= 0.6 is 0 Å². The average molecular weight is 991 g/mol. The number of rotatable bonds is 10. The first-order valence-corrected chi connectivity index (χ1v) is 26.1. The molecule has 6 nitrogen and oxygen atoms in total. The molecule has 0 saturated carbocycles. The van der Waals surface area contributed by atoms with Gasteiger partial charge in [0, 0.05) is 39.3 Å². The predicted molar refractivity (Wildman–Crippen MR) is 316 cm³/mol. The molecule has 1 aliphatic rings. The van der Waals surface area contributed by atoms with E-state index in [9.17, 15) is 0 Å².